The second-order valence-electron chi connectivity index (χ2n) is 8.76. The maximum absolute atomic E-state index is 15.0. The second-order valence-corrected chi connectivity index (χ2v) is 11.1. The van der Waals surface area contributed by atoms with Gasteiger partial charge in [-0.05, 0) is 44.4 Å². The minimum atomic E-state index is -4.47. The quantitative estimate of drug-likeness (QED) is 0.456. The zero-order valence-corrected chi connectivity index (χ0v) is 20.3. The van der Waals surface area contributed by atoms with Crippen molar-refractivity contribution in [1.82, 2.24) is 9.88 Å². The summed E-state index contributed by atoms with van der Waals surface area (Å²) in [5.41, 5.74) is 3.97. The summed E-state index contributed by atoms with van der Waals surface area (Å²) in [6, 6.07) is 8.96. The summed E-state index contributed by atoms with van der Waals surface area (Å²) in [4.78, 5) is 5.18. The Morgan fingerprint density at radius 2 is 1.94 bits per heavy atom. The van der Waals surface area contributed by atoms with Crippen LogP contribution in [0.5, 0.6) is 0 Å². The molecular weight excluding hydrogens is 466 g/mol. The number of halogens is 2. The predicted molar refractivity (Wildman–Crippen MR) is 127 cm³/mol. The summed E-state index contributed by atoms with van der Waals surface area (Å²) >= 11 is 1.16. The van der Waals surface area contributed by atoms with Gasteiger partial charge >= 0.3 is 0 Å². The molecule has 1 aliphatic heterocycles. The van der Waals surface area contributed by atoms with Crippen molar-refractivity contribution in [3.63, 3.8) is 0 Å². The van der Waals surface area contributed by atoms with Gasteiger partial charge in [0.1, 0.15) is 5.82 Å². The van der Waals surface area contributed by atoms with E-state index in [9.17, 15) is 12.8 Å². The Labute approximate surface area is 196 Å². The Morgan fingerprint density at radius 3 is 2.55 bits per heavy atom. The number of likely N-dealkylation sites (tertiary alicyclic amines) is 1. The van der Waals surface area contributed by atoms with Gasteiger partial charge in [-0.15, -0.1) is 11.3 Å². The Bertz CT molecular complexity index is 1260. The molecule has 0 aliphatic carbocycles. The van der Waals surface area contributed by atoms with Crippen molar-refractivity contribution in [3.05, 3.63) is 69.5 Å². The van der Waals surface area contributed by atoms with E-state index in [1.807, 2.05) is 18.2 Å². The molecule has 6 nitrogen and oxygen atoms in total. The molecule has 33 heavy (non-hydrogen) atoms. The third-order valence-electron chi connectivity index (χ3n) is 6.16. The zero-order chi connectivity index (χ0) is 23.8. The number of hydrogen-bond acceptors (Lipinski definition) is 6. The van der Waals surface area contributed by atoms with Crippen LogP contribution in [0.25, 0.3) is 0 Å². The first kappa shape index (κ1) is 23.6. The number of rotatable bonds is 8. The van der Waals surface area contributed by atoms with Crippen molar-refractivity contribution in [1.29, 1.82) is 0 Å². The molecule has 176 valence electrons. The van der Waals surface area contributed by atoms with Gasteiger partial charge in [0.05, 0.1) is 5.51 Å². The van der Waals surface area contributed by atoms with E-state index in [0.29, 0.717) is 6.54 Å². The first-order valence-electron chi connectivity index (χ1n) is 10.5. The second kappa shape index (κ2) is 9.00. The van der Waals surface area contributed by atoms with Gasteiger partial charge in [-0.2, -0.15) is 0 Å². The van der Waals surface area contributed by atoms with Gasteiger partial charge < -0.3 is 5.32 Å². The van der Waals surface area contributed by atoms with E-state index in [1.54, 1.807) is 0 Å². The normalized spacial score (nSPS) is 15.8. The molecule has 0 spiro atoms. The van der Waals surface area contributed by atoms with Gasteiger partial charge in [-0.25, -0.2) is 22.2 Å². The predicted octanol–water partition coefficient (Wildman–Crippen LogP) is 5.13. The van der Waals surface area contributed by atoms with Crippen LogP contribution < -0.4 is 10.0 Å². The number of benzene rings is 2. The average Bonchev–Trinajstić information content (AvgIpc) is 3.25. The van der Waals surface area contributed by atoms with Crippen molar-refractivity contribution in [2.75, 3.05) is 16.6 Å². The SMILES string of the molecule is Cc1c(NCc2ccccc2CN2CCC2(C)C)cc(F)c(S(=O)(=O)Nc2cscn2)c1F. The molecule has 10 heteroatoms. The van der Waals surface area contributed by atoms with Crippen LogP contribution in [0.1, 0.15) is 37.0 Å². The molecule has 2 N–H and O–H groups in total. The molecule has 2 heterocycles. The summed E-state index contributed by atoms with van der Waals surface area (Å²) < 4.78 is 57.1. The highest BCUT2D eigenvalue weighted by atomic mass is 32.2. The summed E-state index contributed by atoms with van der Waals surface area (Å²) in [5, 5.41) is 4.52. The van der Waals surface area contributed by atoms with Crippen LogP contribution in [0.15, 0.2) is 46.1 Å². The molecule has 1 aromatic heterocycles. The molecule has 4 rings (SSSR count). The molecule has 1 saturated heterocycles. The van der Waals surface area contributed by atoms with E-state index in [0.717, 1.165) is 48.0 Å². The largest absolute Gasteiger partial charge is 0.381 e. The molecule has 2 aromatic carbocycles. The van der Waals surface area contributed by atoms with Crippen molar-refractivity contribution >= 4 is 32.9 Å². The lowest BCUT2D eigenvalue weighted by Gasteiger charge is -2.48. The van der Waals surface area contributed by atoms with Gasteiger partial charge in [0.25, 0.3) is 10.0 Å². The summed E-state index contributed by atoms with van der Waals surface area (Å²) in [6.45, 7) is 8.04. The summed E-state index contributed by atoms with van der Waals surface area (Å²) in [7, 11) is -4.47. The fourth-order valence-electron chi connectivity index (χ4n) is 3.87. The van der Waals surface area contributed by atoms with Crippen LogP contribution >= 0.6 is 11.3 Å². The molecule has 1 fully saturated rings. The minimum Gasteiger partial charge on any atom is -0.381 e. The third kappa shape index (κ3) is 4.87. The summed E-state index contributed by atoms with van der Waals surface area (Å²) in [6.07, 6.45) is 1.15. The van der Waals surface area contributed by atoms with Crippen LogP contribution in [0.4, 0.5) is 20.3 Å². The number of nitrogens with one attached hydrogen (secondary N) is 2. The topological polar surface area (TPSA) is 74.3 Å². The third-order valence-corrected chi connectivity index (χ3v) is 8.14. The smallest absolute Gasteiger partial charge is 0.268 e. The van der Waals surface area contributed by atoms with Gasteiger partial charge in [-0.3, -0.25) is 9.62 Å². The van der Waals surface area contributed by atoms with Gasteiger partial charge in [0.2, 0.25) is 0 Å². The van der Waals surface area contributed by atoms with E-state index >= 15 is 4.39 Å². The highest BCUT2D eigenvalue weighted by molar-refractivity contribution is 7.92. The van der Waals surface area contributed by atoms with Crippen LogP contribution in [0.2, 0.25) is 0 Å². The molecular formula is C23H26F2N4O2S2. The van der Waals surface area contributed by atoms with E-state index in [-0.39, 0.29) is 22.6 Å². The van der Waals surface area contributed by atoms with Crippen molar-refractivity contribution in [3.8, 4) is 0 Å². The van der Waals surface area contributed by atoms with Crippen molar-refractivity contribution < 1.29 is 17.2 Å². The minimum absolute atomic E-state index is 0.0145. The monoisotopic (exact) mass is 492 g/mol. The van der Waals surface area contributed by atoms with E-state index in [1.165, 1.54) is 17.8 Å². The fraction of sp³-hybridized carbons (Fsp3) is 0.348. The molecule has 0 amide bonds. The first-order valence-corrected chi connectivity index (χ1v) is 13.0. The maximum Gasteiger partial charge on any atom is 0.268 e. The van der Waals surface area contributed by atoms with Crippen LogP contribution in [-0.2, 0) is 23.1 Å². The van der Waals surface area contributed by atoms with Crippen LogP contribution in [0.3, 0.4) is 0 Å². The van der Waals surface area contributed by atoms with Crippen molar-refractivity contribution in [2.24, 2.45) is 0 Å². The highest BCUT2D eigenvalue weighted by Gasteiger charge is 2.35. The van der Waals surface area contributed by atoms with Gasteiger partial charge in [-0.1, -0.05) is 24.3 Å². The van der Waals surface area contributed by atoms with Gasteiger partial charge in [0, 0.05) is 41.8 Å². The van der Waals surface area contributed by atoms with E-state index in [2.05, 4.69) is 39.8 Å². The molecule has 0 saturated carbocycles. The number of nitrogens with zero attached hydrogens (tertiary/aromatic N) is 2. The Hall–Kier alpha value is -2.56. The molecule has 0 unspecified atom stereocenters. The maximum atomic E-state index is 15.0. The lowest BCUT2D eigenvalue weighted by atomic mass is 9.88. The molecule has 1 aliphatic rings. The number of aromatic nitrogens is 1. The lowest BCUT2D eigenvalue weighted by Crippen LogP contribution is -2.54. The number of sulfonamides is 1. The van der Waals surface area contributed by atoms with Crippen LogP contribution in [0, 0.1) is 18.6 Å². The van der Waals surface area contributed by atoms with E-state index < -0.39 is 26.6 Å². The Morgan fingerprint density at radius 1 is 1.21 bits per heavy atom. The standard InChI is InChI=1S/C23H26F2N4O2S2/c1-15-19(10-18(24)22(21(15)25)33(30,31)28-20-13-32-14-27-20)26-11-16-6-4-5-7-17(16)12-29-9-8-23(29,2)3/h4-7,10,13-14,26,28H,8-9,11-12H2,1-3H3. The van der Waals surface area contributed by atoms with E-state index in [4.69, 9.17) is 0 Å². The summed E-state index contributed by atoms with van der Waals surface area (Å²) in [5.74, 6) is -2.28. The first-order chi connectivity index (χ1) is 15.6. The zero-order valence-electron chi connectivity index (χ0n) is 18.7. The lowest BCUT2D eigenvalue weighted by molar-refractivity contribution is 0.00775. The number of anilines is 2. The Kier molecular flexibility index (Phi) is 6.43. The van der Waals surface area contributed by atoms with Gasteiger partial charge in [0.15, 0.2) is 16.5 Å². The molecule has 0 bridgehead atoms. The molecule has 0 radical (unpaired) electrons. The molecule has 3 aromatic rings. The fourth-order valence-corrected chi connectivity index (χ4v) is 5.62. The Balaban J connectivity index is 1.55. The van der Waals surface area contributed by atoms with Crippen molar-refractivity contribution in [2.45, 2.75) is 50.7 Å². The highest BCUT2D eigenvalue weighted by Crippen LogP contribution is 2.32. The average molecular weight is 493 g/mol. The number of hydrogen-bond donors (Lipinski definition) is 2. The molecule has 0 atom stereocenters. The van der Waals surface area contributed by atoms with Crippen LogP contribution in [-0.4, -0.2) is 30.4 Å². The number of thiazole rings is 1.